The van der Waals surface area contributed by atoms with Crippen molar-refractivity contribution in [2.75, 3.05) is 13.7 Å². The van der Waals surface area contributed by atoms with Crippen molar-refractivity contribution in [3.63, 3.8) is 0 Å². The van der Waals surface area contributed by atoms with Crippen molar-refractivity contribution in [1.29, 1.82) is 0 Å². The van der Waals surface area contributed by atoms with E-state index in [1.807, 2.05) is 13.8 Å². The quantitative estimate of drug-likeness (QED) is 0.549. The average Bonchev–Trinajstić information content (AvgIpc) is 2.55. The van der Waals surface area contributed by atoms with Crippen LogP contribution in [0.2, 0.25) is 15.1 Å². The summed E-state index contributed by atoms with van der Waals surface area (Å²) in [6.45, 7) is 3.18. The molecule has 1 aromatic carbocycles. The van der Waals surface area contributed by atoms with Crippen LogP contribution in [-0.2, 0) is 19.1 Å². The van der Waals surface area contributed by atoms with E-state index in [4.69, 9.17) is 39.5 Å². The van der Waals surface area contributed by atoms with Gasteiger partial charge in [-0.25, -0.2) is 9.59 Å². The van der Waals surface area contributed by atoms with Crippen LogP contribution in [0.1, 0.15) is 30.6 Å². The molecule has 0 aliphatic carbocycles. The number of carbonyl (C=O) groups is 3. The summed E-state index contributed by atoms with van der Waals surface area (Å²) in [4.78, 5) is 35.7. The normalized spacial score (nSPS) is 11.8. The van der Waals surface area contributed by atoms with E-state index in [9.17, 15) is 14.4 Å². The molecular formula is C16H18Cl3NO5. The number of benzene rings is 1. The van der Waals surface area contributed by atoms with Crippen molar-refractivity contribution < 1.29 is 23.9 Å². The Morgan fingerprint density at radius 1 is 1.12 bits per heavy atom. The van der Waals surface area contributed by atoms with Gasteiger partial charge in [0.25, 0.3) is 5.91 Å². The number of nitrogens with one attached hydrogen (secondary N) is 1. The Bertz CT molecular complexity index is 663. The number of ether oxygens (including phenoxy) is 2. The largest absolute Gasteiger partial charge is 0.467 e. The van der Waals surface area contributed by atoms with Gasteiger partial charge in [0.2, 0.25) is 0 Å². The Balaban J connectivity index is 2.71. The molecule has 0 unspecified atom stereocenters. The molecule has 1 atom stereocenters. The predicted octanol–water partition coefficient (Wildman–Crippen LogP) is 3.51. The molecule has 6 nitrogen and oxygen atoms in total. The van der Waals surface area contributed by atoms with E-state index in [0.717, 1.165) is 0 Å². The summed E-state index contributed by atoms with van der Waals surface area (Å²) in [5, 5.41) is 2.58. The van der Waals surface area contributed by atoms with Crippen LogP contribution in [0.4, 0.5) is 0 Å². The van der Waals surface area contributed by atoms with Crippen LogP contribution in [0.15, 0.2) is 12.1 Å². The molecule has 0 aliphatic rings. The van der Waals surface area contributed by atoms with E-state index < -0.39 is 30.5 Å². The van der Waals surface area contributed by atoms with Gasteiger partial charge in [0, 0.05) is 0 Å². The van der Waals surface area contributed by atoms with E-state index in [1.54, 1.807) is 0 Å². The molecule has 138 valence electrons. The number of carbonyl (C=O) groups excluding carboxylic acids is 3. The molecule has 1 aromatic rings. The minimum absolute atomic E-state index is 0.0482. The summed E-state index contributed by atoms with van der Waals surface area (Å²) in [6, 6.07) is 2.00. The van der Waals surface area contributed by atoms with Crippen molar-refractivity contribution >= 4 is 52.6 Å². The fourth-order valence-electron chi connectivity index (χ4n) is 1.98. The number of halogens is 3. The molecule has 0 aromatic heterocycles. The first-order valence-corrected chi connectivity index (χ1v) is 8.48. The van der Waals surface area contributed by atoms with Gasteiger partial charge in [-0.15, -0.1) is 0 Å². The maximum absolute atomic E-state index is 12.1. The maximum Gasteiger partial charge on any atom is 0.341 e. The van der Waals surface area contributed by atoms with Crippen molar-refractivity contribution in [2.24, 2.45) is 5.92 Å². The van der Waals surface area contributed by atoms with Gasteiger partial charge in [-0.3, -0.25) is 4.79 Å². The molecule has 0 heterocycles. The van der Waals surface area contributed by atoms with Crippen LogP contribution in [0.25, 0.3) is 0 Å². The fourth-order valence-corrected chi connectivity index (χ4v) is 2.66. The molecule has 1 rings (SSSR count). The highest BCUT2D eigenvalue weighted by molar-refractivity contribution is 6.46. The summed E-state index contributed by atoms with van der Waals surface area (Å²) < 4.78 is 9.54. The lowest BCUT2D eigenvalue weighted by atomic mass is 10.0. The SMILES string of the molecule is COC(=O)[C@H](CC(C)C)NC(=O)COC(=O)c1c(Cl)ccc(Cl)c1Cl. The third kappa shape index (κ3) is 6.38. The Kier molecular flexibility index (Phi) is 8.48. The number of hydrogen-bond donors (Lipinski definition) is 1. The Morgan fingerprint density at radius 2 is 1.72 bits per heavy atom. The van der Waals surface area contributed by atoms with Crippen LogP contribution < -0.4 is 5.32 Å². The van der Waals surface area contributed by atoms with Gasteiger partial charge < -0.3 is 14.8 Å². The van der Waals surface area contributed by atoms with Gasteiger partial charge in [0.05, 0.1) is 27.7 Å². The van der Waals surface area contributed by atoms with Crippen LogP contribution in [0, 0.1) is 5.92 Å². The highest BCUT2D eigenvalue weighted by atomic mass is 35.5. The Hall–Kier alpha value is -1.50. The number of hydrogen-bond acceptors (Lipinski definition) is 5. The zero-order valence-electron chi connectivity index (χ0n) is 13.9. The number of amides is 1. The summed E-state index contributed by atoms with van der Waals surface area (Å²) in [5.41, 5.74) is -0.129. The summed E-state index contributed by atoms with van der Waals surface area (Å²) >= 11 is 17.7. The van der Waals surface area contributed by atoms with Crippen LogP contribution in [0.5, 0.6) is 0 Å². The lowest BCUT2D eigenvalue weighted by Crippen LogP contribution is -2.44. The molecule has 0 bridgehead atoms. The highest BCUT2D eigenvalue weighted by Crippen LogP contribution is 2.31. The second-order valence-electron chi connectivity index (χ2n) is 5.57. The second kappa shape index (κ2) is 9.85. The molecule has 0 saturated heterocycles. The van der Waals surface area contributed by atoms with Gasteiger partial charge in [-0.2, -0.15) is 0 Å². The lowest BCUT2D eigenvalue weighted by molar-refractivity contribution is -0.145. The van der Waals surface area contributed by atoms with E-state index in [-0.39, 0.29) is 26.5 Å². The van der Waals surface area contributed by atoms with E-state index in [2.05, 4.69) is 10.1 Å². The van der Waals surface area contributed by atoms with Gasteiger partial charge in [-0.1, -0.05) is 48.7 Å². The molecular weight excluding hydrogens is 393 g/mol. The molecule has 1 amide bonds. The second-order valence-corrected chi connectivity index (χ2v) is 6.76. The molecule has 9 heteroatoms. The number of methoxy groups -OCH3 is 1. The van der Waals surface area contributed by atoms with E-state index >= 15 is 0 Å². The average molecular weight is 411 g/mol. The summed E-state index contributed by atoms with van der Waals surface area (Å²) in [5.74, 6) is -1.98. The van der Waals surface area contributed by atoms with Crippen molar-refractivity contribution in [1.82, 2.24) is 5.32 Å². The molecule has 0 spiro atoms. The van der Waals surface area contributed by atoms with E-state index in [1.165, 1.54) is 19.2 Å². The third-order valence-electron chi connectivity index (χ3n) is 3.11. The Labute approximate surface area is 160 Å². The van der Waals surface area contributed by atoms with Crippen LogP contribution in [-0.4, -0.2) is 37.6 Å². The van der Waals surface area contributed by atoms with Crippen LogP contribution >= 0.6 is 34.8 Å². The highest BCUT2D eigenvalue weighted by Gasteiger charge is 2.24. The van der Waals surface area contributed by atoms with Gasteiger partial charge >= 0.3 is 11.9 Å². The first-order valence-electron chi connectivity index (χ1n) is 7.35. The van der Waals surface area contributed by atoms with Crippen molar-refractivity contribution in [2.45, 2.75) is 26.3 Å². The predicted molar refractivity (Wildman–Crippen MR) is 95.2 cm³/mol. The zero-order valence-corrected chi connectivity index (χ0v) is 16.2. The standard InChI is InChI=1S/C16H18Cl3NO5/c1-8(2)6-11(15(22)24-3)20-12(21)7-25-16(23)13-9(17)4-5-10(18)14(13)19/h4-5,8,11H,6-7H2,1-3H3,(H,20,21)/t11-/m0/s1. The van der Waals surface area contributed by atoms with Gasteiger partial charge in [-0.05, 0) is 24.5 Å². The fraction of sp³-hybridized carbons (Fsp3) is 0.438. The van der Waals surface area contributed by atoms with Crippen LogP contribution in [0.3, 0.4) is 0 Å². The first-order chi connectivity index (χ1) is 11.7. The molecule has 0 aliphatic heterocycles. The Morgan fingerprint density at radius 3 is 2.28 bits per heavy atom. The van der Waals surface area contributed by atoms with E-state index in [0.29, 0.717) is 6.42 Å². The zero-order chi connectivity index (χ0) is 19.1. The molecule has 0 fully saturated rings. The number of esters is 2. The van der Waals surface area contributed by atoms with Crippen molar-refractivity contribution in [3.05, 3.63) is 32.8 Å². The molecule has 0 radical (unpaired) electrons. The maximum atomic E-state index is 12.1. The molecule has 0 saturated carbocycles. The minimum Gasteiger partial charge on any atom is -0.467 e. The third-order valence-corrected chi connectivity index (χ3v) is 4.23. The molecule has 25 heavy (non-hydrogen) atoms. The van der Waals surface area contributed by atoms with Crippen molar-refractivity contribution in [3.8, 4) is 0 Å². The number of rotatable bonds is 7. The monoisotopic (exact) mass is 409 g/mol. The summed E-state index contributed by atoms with van der Waals surface area (Å²) in [6.07, 6.45) is 0.387. The van der Waals surface area contributed by atoms with Gasteiger partial charge in [0.15, 0.2) is 6.61 Å². The molecule has 1 N–H and O–H groups in total. The van der Waals surface area contributed by atoms with Gasteiger partial charge in [0.1, 0.15) is 6.04 Å². The first kappa shape index (κ1) is 21.5. The smallest absolute Gasteiger partial charge is 0.341 e. The summed E-state index contributed by atoms with van der Waals surface area (Å²) in [7, 11) is 1.23. The topological polar surface area (TPSA) is 81.7 Å². The minimum atomic E-state index is -0.897. The lowest BCUT2D eigenvalue weighted by Gasteiger charge is -2.18.